The van der Waals surface area contributed by atoms with Crippen LogP contribution < -0.4 is 5.73 Å². The van der Waals surface area contributed by atoms with Crippen LogP contribution in [-0.4, -0.2) is 33.3 Å². The predicted octanol–water partition coefficient (Wildman–Crippen LogP) is 1.26. The Balaban J connectivity index is 2.10. The third-order valence-corrected chi connectivity index (χ3v) is 3.26. The van der Waals surface area contributed by atoms with Gasteiger partial charge in [0.2, 0.25) is 0 Å². The van der Waals surface area contributed by atoms with Crippen LogP contribution in [0.5, 0.6) is 0 Å². The van der Waals surface area contributed by atoms with Crippen molar-refractivity contribution in [2.45, 2.75) is 19.5 Å². The maximum absolute atomic E-state index is 5.91. The molecule has 2 N–H and O–H groups in total. The smallest absolute Gasteiger partial charge is 0.0534 e. The van der Waals surface area contributed by atoms with Gasteiger partial charge < -0.3 is 5.73 Å². The molecule has 0 aromatic carbocycles. The van der Waals surface area contributed by atoms with Crippen LogP contribution >= 0.6 is 0 Å². The summed E-state index contributed by atoms with van der Waals surface area (Å²) in [6.45, 7) is 3.38. The van der Waals surface area contributed by atoms with Gasteiger partial charge in [-0.3, -0.25) is 14.6 Å². The molecule has 5 nitrogen and oxygen atoms in total. The van der Waals surface area contributed by atoms with E-state index in [2.05, 4.69) is 28.1 Å². The van der Waals surface area contributed by atoms with Gasteiger partial charge in [0.1, 0.15) is 0 Å². The van der Waals surface area contributed by atoms with Crippen LogP contribution in [0.4, 0.5) is 0 Å². The molecule has 1 atom stereocenters. The Kier molecular flexibility index (Phi) is 4.29. The van der Waals surface area contributed by atoms with E-state index >= 15 is 0 Å². The summed E-state index contributed by atoms with van der Waals surface area (Å²) in [5.41, 5.74) is 9.27. The SMILES string of the molecule is Cc1ccc(C(CN)N(C)Cc2cnn(C)c2)cn1. The third-order valence-electron chi connectivity index (χ3n) is 3.26. The number of aromatic nitrogens is 3. The van der Waals surface area contributed by atoms with Crippen molar-refractivity contribution in [3.8, 4) is 0 Å². The van der Waals surface area contributed by atoms with E-state index in [-0.39, 0.29) is 6.04 Å². The van der Waals surface area contributed by atoms with Crippen LogP contribution in [-0.2, 0) is 13.6 Å². The van der Waals surface area contributed by atoms with Gasteiger partial charge >= 0.3 is 0 Å². The van der Waals surface area contributed by atoms with Crippen molar-refractivity contribution in [3.05, 3.63) is 47.5 Å². The summed E-state index contributed by atoms with van der Waals surface area (Å²) in [5, 5.41) is 4.19. The fraction of sp³-hybridized carbons (Fsp3) is 0.429. The molecule has 0 aliphatic heterocycles. The van der Waals surface area contributed by atoms with Crippen molar-refractivity contribution in [2.24, 2.45) is 12.8 Å². The van der Waals surface area contributed by atoms with Crippen molar-refractivity contribution < 1.29 is 0 Å². The van der Waals surface area contributed by atoms with Crippen LogP contribution in [0, 0.1) is 6.92 Å². The van der Waals surface area contributed by atoms with E-state index in [1.54, 1.807) is 0 Å². The van der Waals surface area contributed by atoms with E-state index in [4.69, 9.17) is 5.73 Å². The Morgan fingerprint density at radius 2 is 2.16 bits per heavy atom. The number of aryl methyl sites for hydroxylation is 2. The van der Waals surface area contributed by atoms with Gasteiger partial charge in [0.05, 0.1) is 6.20 Å². The quantitative estimate of drug-likeness (QED) is 0.878. The molecule has 2 aromatic heterocycles. The van der Waals surface area contributed by atoms with Crippen LogP contribution in [0.25, 0.3) is 0 Å². The molecule has 2 rings (SSSR count). The van der Waals surface area contributed by atoms with Crippen molar-refractivity contribution in [3.63, 3.8) is 0 Å². The fourth-order valence-corrected chi connectivity index (χ4v) is 2.20. The zero-order valence-corrected chi connectivity index (χ0v) is 11.7. The molecule has 0 bridgehead atoms. The van der Waals surface area contributed by atoms with E-state index in [0.717, 1.165) is 17.8 Å². The first kappa shape index (κ1) is 13.7. The monoisotopic (exact) mass is 259 g/mol. The molecule has 0 radical (unpaired) electrons. The lowest BCUT2D eigenvalue weighted by atomic mass is 10.1. The Labute approximate surface area is 114 Å². The van der Waals surface area contributed by atoms with Gasteiger partial charge in [-0.1, -0.05) is 6.07 Å². The lowest BCUT2D eigenvalue weighted by molar-refractivity contribution is 0.241. The minimum absolute atomic E-state index is 0.174. The summed E-state index contributed by atoms with van der Waals surface area (Å²) in [4.78, 5) is 6.57. The Hall–Kier alpha value is -1.72. The average Bonchev–Trinajstić information content (AvgIpc) is 2.78. The second kappa shape index (κ2) is 5.95. The second-order valence-corrected chi connectivity index (χ2v) is 4.92. The molecule has 2 heterocycles. The lowest BCUT2D eigenvalue weighted by Gasteiger charge is -2.26. The van der Waals surface area contributed by atoms with E-state index < -0.39 is 0 Å². The van der Waals surface area contributed by atoms with Crippen molar-refractivity contribution >= 4 is 0 Å². The molecular weight excluding hydrogens is 238 g/mol. The summed E-state index contributed by atoms with van der Waals surface area (Å²) in [7, 11) is 4.00. The minimum Gasteiger partial charge on any atom is -0.329 e. The van der Waals surface area contributed by atoms with E-state index in [0.29, 0.717) is 6.54 Å². The number of nitrogens with two attached hydrogens (primary N) is 1. The average molecular weight is 259 g/mol. The number of hydrogen-bond acceptors (Lipinski definition) is 4. The largest absolute Gasteiger partial charge is 0.329 e. The molecule has 5 heteroatoms. The number of rotatable bonds is 5. The molecule has 0 saturated carbocycles. The molecule has 0 fully saturated rings. The highest BCUT2D eigenvalue weighted by atomic mass is 15.2. The number of likely N-dealkylation sites (N-methyl/N-ethyl adjacent to an activating group) is 1. The lowest BCUT2D eigenvalue weighted by Crippen LogP contribution is -2.30. The van der Waals surface area contributed by atoms with Gasteiger partial charge in [0.25, 0.3) is 0 Å². The zero-order chi connectivity index (χ0) is 13.8. The second-order valence-electron chi connectivity index (χ2n) is 4.92. The first-order valence-corrected chi connectivity index (χ1v) is 6.40. The highest BCUT2D eigenvalue weighted by molar-refractivity contribution is 5.18. The van der Waals surface area contributed by atoms with E-state index in [1.165, 1.54) is 5.56 Å². The molecule has 0 saturated heterocycles. The standard InChI is InChI=1S/C14H21N5/c1-11-4-5-13(8-16-11)14(6-15)18(2)9-12-7-17-19(3)10-12/h4-5,7-8,10,14H,6,9,15H2,1-3H3. The van der Waals surface area contributed by atoms with Gasteiger partial charge in [-0.15, -0.1) is 0 Å². The van der Waals surface area contributed by atoms with Gasteiger partial charge in [0, 0.05) is 49.8 Å². The summed E-state index contributed by atoms with van der Waals surface area (Å²) in [6.07, 6.45) is 5.82. The fourth-order valence-electron chi connectivity index (χ4n) is 2.20. The highest BCUT2D eigenvalue weighted by Crippen LogP contribution is 2.19. The van der Waals surface area contributed by atoms with Gasteiger partial charge in [-0.05, 0) is 25.6 Å². The summed E-state index contributed by atoms with van der Waals surface area (Å²) in [6, 6.07) is 4.29. The van der Waals surface area contributed by atoms with E-state index in [9.17, 15) is 0 Å². The third kappa shape index (κ3) is 3.39. The Morgan fingerprint density at radius 3 is 2.68 bits per heavy atom. The molecule has 0 aliphatic carbocycles. The zero-order valence-electron chi connectivity index (χ0n) is 11.7. The molecule has 0 amide bonds. The van der Waals surface area contributed by atoms with Gasteiger partial charge in [-0.25, -0.2) is 0 Å². The number of pyridine rings is 1. The number of hydrogen-bond donors (Lipinski definition) is 1. The summed E-state index contributed by atoms with van der Waals surface area (Å²) < 4.78 is 1.81. The molecule has 2 aromatic rings. The van der Waals surface area contributed by atoms with Crippen molar-refractivity contribution in [1.82, 2.24) is 19.7 Å². The topological polar surface area (TPSA) is 60.0 Å². The molecule has 0 spiro atoms. The van der Waals surface area contributed by atoms with Crippen molar-refractivity contribution in [2.75, 3.05) is 13.6 Å². The summed E-state index contributed by atoms with van der Waals surface area (Å²) >= 11 is 0. The van der Waals surface area contributed by atoms with Gasteiger partial charge in [0.15, 0.2) is 0 Å². The molecule has 19 heavy (non-hydrogen) atoms. The minimum atomic E-state index is 0.174. The molecule has 102 valence electrons. The molecule has 1 unspecified atom stereocenters. The first-order valence-electron chi connectivity index (χ1n) is 6.40. The highest BCUT2D eigenvalue weighted by Gasteiger charge is 2.16. The van der Waals surface area contributed by atoms with Crippen LogP contribution in [0.15, 0.2) is 30.7 Å². The maximum atomic E-state index is 5.91. The van der Waals surface area contributed by atoms with Gasteiger partial charge in [-0.2, -0.15) is 5.10 Å². The predicted molar refractivity (Wildman–Crippen MR) is 75.4 cm³/mol. The number of nitrogens with zero attached hydrogens (tertiary/aromatic N) is 4. The van der Waals surface area contributed by atoms with Crippen LogP contribution in [0.2, 0.25) is 0 Å². The van der Waals surface area contributed by atoms with Crippen molar-refractivity contribution in [1.29, 1.82) is 0 Å². The van der Waals surface area contributed by atoms with Crippen LogP contribution in [0.3, 0.4) is 0 Å². The Bertz CT molecular complexity index is 517. The summed E-state index contributed by atoms with van der Waals surface area (Å²) in [5.74, 6) is 0. The normalized spacial score (nSPS) is 12.9. The van der Waals surface area contributed by atoms with Crippen LogP contribution in [0.1, 0.15) is 22.9 Å². The maximum Gasteiger partial charge on any atom is 0.0534 e. The Morgan fingerprint density at radius 1 is 1.37 bits per heavy atom. The molecular formula is C14H21N5. The van der Waals surface area contributed by atoms with E-state index in [1.807, 2.05) is 43.3 Å². The molecule has 0 aliphatic rings. The first-order chi connectivity index (χ1) is 9.10.